The van der Waals surface area contributed by atoms with Gasteiger partial charge in [-0.25, -0.2) is 4.79 Å². The van der Waals surface area contributed by atoms with E-state index in [2.05, 4.69) is 10.5 Å². The van der Waals surface area contributed by atoms with Crippen LogP contribution in [-0.4, -0.2) is 34.9 Å². The van der Waals surface area contributed by atoms with E-state index in [9.17, 15) is 9.59 Å². The van der Waals surface area contributed by atoms with E-state index in [0.717, 1.165) is 0 Å². The molecule has 0 fully saturated rings. The van der Waals surface area contributed by atoms with E-state index < -0.39 is 18.0 Å². The third-order valence-corrected chi connectivity index (χ3v) is 1.71. The first kappa shape index (κ1) is 12.2. The molecule has 0 radical (unpaired) electrons. The zero-order valence-corrected chi connectivity index (χ0v) is 8.89. The maximum atomic E-state index is 11.2. The van der Waals surface area contributed by atoms with Crippen LogP contribution in [-0.2, 0) is 14.3 Å². The van der Waals surface area contributed by atoms with E-state index in [0.29, 0.717) is 5.76 Å². The largest absolute Gasteiger partial charge is 0.479 e. The number of hydrogen-bond donors (Lipinski definition) is 2. The number of ether oxygens (including phenoxy) is 1. The lowest BCUT2D eigenvalue weighted by Crippen LogP contribution is -2.26. The van der Waals surface area contributed by atoms with Crippen LogP contribution >= 0.6 is 0 Å². The molecule has 88 valence electrons. The van der Waals surface area contributed by atoms with Crippen molar-refractivity contribution in [2.75, 3.05) is 11.9 Å². The van der Waals surface area contributed by atoms with Crippen molar-refractivity contribution < 1.29 is 24.0 Å². The number of aryl methyl sites for hydroxylation is 1. The molecule has 1 aromatic rings. The van der Waals surface area contributed by atoms with Gasteiger partial charge in [0.05, 0.1) is 0 Å². The normalized spacial score (nSPS) is 12.1. The van der Waals surface area contributed by atoms with Crippen molar-refractivity contribution in [3.05, 3.63) is 11.8 Å². The average molecular weight is 228 g/mol. The van der Waals surface area contributed by atoms with Gasteiger partial charge in [0.15, 0.2) is 11.9 Å². The molecule has 1 atom stereocenters. The number of aromatic nitrogens is 1. The molecule has 2 N–H and O–H groups in total. The Morgan fingerprint density at radius 3 is 2.88 bits per heavy atom. The Kier molecular flexibility index (Phi) is 4.01. The predicted octanol–water partition coefficient (Wildman–Crippen LogP) is 0.411. The van der Waals surface area contributed by atoms with Gasteiger partial charge in [0.2, 0.25) is 0 Å². The number of nitrogens with zero attached hydrogens (tertiary/aromatic N) is 1. The summed E-state index contributed by atoms with van der Waals surface area (Å²) >= 11 is 0. The van der Waals surface area contributed by atoms with Crippen molar-refractivity contribution >= 4 is 17.7 Å². The molecule has 0 bridgehead atoms. The topological polar surface area (TPSA) is 102 Å². The first-order valence-electron chi connectivity index (χ1n) is 4.56. The average Bonchev–Trinajstić information content (AvgIpc) is 2.60. The molecule has 0 aliphatic heterocycles. The van der Waals surface area contributed by atoms with Crippen LogP contribution < -0.4 is 5.32 Å². The van der Waals surface area contributed by atoms with Gasteiger partial charge in [-0.05, 0) is 13.8 Å². The molecule has 0 aromatic carbocycles. The minimum absolute atomic E-state index is 0.272. The highest BCUT2D eigenvalue weighted by atomic mass is 16.5. The van der Waals surface area contributed by atoms with Crippen molar-refractivity contribution in [1.29, 1.82) is 0 Å². The number of amides is 1. The number of hydrogen-bond acceptors (Lipinski definition) is 5. The summed E-state index contributed by atoms with van der Waals surface area (Å²) in [7, 11) is 0. The van der Waals surface area contributed by atoms with Crippen molar-refractivity contribution in [1.82, 2.24) is 5.16 Å². The summed E-state index contributed by atoms with van der Waals surface area (Å²) < 4.78 is 9.50. The molecule has 7 heteroatoms. The van der Waals surface area contributed by atoms with Crippen LogP contribution in [0.2, 0.25) is 0 Å². The van der Waals surface area contributed by atoms with E-state index in [1.54, 1.807) is 13.0 Å². The molecule has 0 saturated carbocycles. The Bertz CT molecular complexity index is 387. The van der Waals surface area contributed by atoms with E-state index in [4.69, 9.17) is 14.4 Å². The third-order valence-electron chi connectivity index (χ3n) is 1.71. The van der Waals surface area contributed by atoms with Gasteiger partial charge in [-0.15, -0.1) is 0 Å². The van der Waals surface area contributed by atoms with Gasteiger partial charge in [0.1, 0.15) is 12.4 Å². The number of nitrogens with one attached hydrogen (secondary N) is 1. The molecule has 7 nitrogen and oxygen atoms in total. The minimum atomic E-state index is -1.12. The zero-order valence-electron chi connectivity index (χ0n) is 8.89. The molecule has 0 spiro atoms. The van der Waals surface area contributed by atoms with Gasteiger partial charge in [-0.1, -0.05) is 5.16 Å². The number of aliphatic carboxylic acids is 1. The fourth-order valence-electron chi connectivity index (χ4n) is 0.876. The van der Waals surface area contributed by atoms with Crippen molar-refractivity contribution in [2.45, 2.75) is 20.0 Å². The van der Waals surface area contributed by atoms with E-state index in [-0.39, 0.29) is 12.4 Å². The summed E-state index contributed by atoms with van der Waals surface area (Å²) in [6.07, 6.45) is -1.02. The molecule has 1 aromatic heterocycles. The van der Waals surface area contributed by atoms with Gasteiger partial charge < -0.3 is 19.7 Å². The number of carboxylic acid groups (broad SMARTS) is 1. The lowest BCUT2D eigenvalue weighted by molar-refractivity contribution is -0.150. The van der Waals surface area contributed by atoms with Crippen LogP contribution in [0.4, 0.5) is 5.82 Å². The van der Waals surface area contributed by atoms with Gasteiger partial charge in [-0.2, -0.15) is 0 Å². The minimum Gasteiger partial charge on any atom is -0.479 e. The maximum Gasteiger partial charge on any atom is 0.332 e. The third kappa shape index (κ3) is 3.70. The van der Waals surface area contributed by atoms with Crippen molar-refractivity contribution in [2.24, 2.45) is 0 Å². The smallest absolute Gasteiger partial charge is 0.332 e. The molecule has 0 unspecified atom stereocenters. The van der Waals surface area contributed by atoms with Crippen LogP contribution in [0.3, 0.4) is 0 Å². The maximum absolute atomic E-state index is 11.2. The molecule has 16 heavy (non-hydrogen) atoms. The standard InChI is InChI=1S/C9H12N2O5/c1-5-3-7(11-16-5)10-8(12)4-15-6(2)9(13)14/h3,6H,4H2,1-2H3,(H,13,14)(H,10,11,12)/t6-/m0/s1. The van der Waals surface area contributed by atoms with Crippen LogP contribution in [0.25, 0.3) is 0 Å². The number of carboxylic acids is 1. The molecule has 1 rings (SSSR count). The number of carbonyl (C=O) groups excluding carboxylic acids is 1. The monoisotopic (exact) mass is 228 g/mol. The summed E-state index contributed by atoms with van der Waals surface area (Å²) in [6, 6.07) is 1.54. The molecule has 1 heterocycles. The van der Waals surface area contributed by atoms with Gasteiger partial charge in [0.25, 0.3) is 5.91 Å². The predicted molar refractivity (Wildman–Crippen MR) is 52.9 cm³/mol. The Labute approximate surface area is 91.4 Å². The Morgan fingerprint density at radius 2 is 2.38 bits per heavy atom. The molecule has 0 aliphatic rings. The molecule has 1 amide bonds. The highest BCUT2D eigenvalue weighted by Gasteiger charge is 2.13. The summed E-state index contributed by atoms with van der Waals surface area (Å²) in [5.74, 6) is -0.768. The lowest BCUT2D eigenvalue weighted by Gasteiger charge is -2.07. The Morgan fingerprint density at radius 1 is 1.69 bits per heavy atom. The summed E-state index contributed by atoms with van der Waals surface area (Å²) in [6.45, 7) is 2.68. The molecular weight excluding hydrogens is 216 g/mol. The first-order chi connectivity index (χ1) is 7.49. The van der Waals surface area contributed by atoms with Crippen LogP contribution in [0.15, 0.2) is 10.6 Å². The number of carbonyl (C=O) groups is 2. The van der Waals surface area contributed by atoms with E-state index in [1.807, 2.05) is 0 Å². The van der Waals surface area contributed by atoms with Gasteiger partial charge in [-0.3, -0.25) is 4.79 Å². The second-order valence-electron chi connectivity index (χ2n) is 3.16. The van der Waals surface area contributed by atoms with Crippen LogP contribution in [0.1, 0.15) is 12.7 Å². The number of anilines is 1. The molecular formula is C9H12N2O5. The van der Waals surface area contributed by atoms with E-state index >= 15 is 0 Å². The summed E-state index contributed by atoms with van der Waals surface area (Å²) in [5.41, 5.74) is 0. The zero-order chi connectivity index (χ0) is 12.1. The fourth-order valence-corrected chi connectivity index (χ4v) is 0.876. The fraction of sp³-hybridized carbons (Fsp3) is 0.444. The van der Waals surface area contributed by atoms with Gasteiger partial charge in [0, 0.05) is 6.07 Å². The summed E-state index contributed by atoms with van der Waals surface area (Å²) in [4.78, 5) is 21.6. The molecule has 0 aliphatic carbocycles. The quantitative estimate of drug-likeness (QED) is 0.756. The van der Waals surface area contributed by atoms with Crippen molar-refractivity contribution in [3.8, 4) is 0 Å². The SMILES string of the molecule is Cc1cc(NC(=O)CO[C@@H](C)C(=O)O)no1. The molecule has 0 saturated heterocycles. The highest BCUT2D eigenvalue weighted by Crippen LogP contribution is 2.06. The first-order valence-corrected chi connectivity index (χ1v) is 4.56. The van der Waals surface area contributed by atoms with Crippen molar-refractivity contribution in [3.63, 3.8) is 0 Å². The Balaban J connectivity index is 2.34. The summed E-state index contributed by atoms with van der Waals surface area (Å²) in [5, 5.41) is 14.4. The number of rotatable bonds is 5. The van der Waals surface area contributed by atoms with Crippen LogP contribution in [0.5, 0.6) is 0 Å². The van der Waals surface area contributed by atoms with Gasteiger partial charge >= 0.3 is 5.97 Å². The second-order valence-corrected chi connectivity index (χ2v) is 3.16. The lowest BCUT2D eigenvalue weighted by atomic mass is 10.4. The highest BCUT2D eigenvalue weighted by molar-refractivity contribution is 5.90. The second kappa shape index (κ2) is 5.26. The van der Waals surface area contributed by atoms with E-state index in [1.165, 1.54) is 6.92 Å². The Hall–Kier alpha value is -1.89. The van der Waals surface area contributed by atoms with Crippen LogP contribution in [0, 0.1) is 6.92 Å².